The fourth-order valence-corrected chi connectivity index (χ4v) is 4.22. The van der Waals surface area contributed by atoms with Gasteiger partial charge in [-0.2, -0.15) is 0 Å². The van der Waals surface area contributed by atoms with Gasteiger partial charge in [0.15, 0.2) is 8.32 Å². The molecule has 0 fully saturated rings. The van der Waals surface area contributed by atoms with Crippen LogP contribution < -0.4 is 0 Å². The highest BCUT2D eigenvalue weighted by molar-refractivity contribution is 6.74. The van der Waals surface area contributed by atoms with Gasteiger partial charge in [-0.15, -0.1) is 0 Å². The van der Waals surface area contributed by atoms with Crippen LogP contribution in [-0.4, -0.2) is 27.0 Å². The van der Waals surface area contributed by atoms with Crippen molar-refractivity contribution in [2.45, 2.75) is 77.6 Å². The summed E-state index contributed by atoms with van der Waals surface area (Å²) >= 11 is 0. The molecule has 1 aliphatic rings. The number of hydrogen-bond acceptors (Lipinski definition) is 3. The van der Waals surface area contributed by atoms with E-state index in [2.05, 4.69) is 53.8 Å². The minimum atomic E-state index is -1.93. The van der Waals surface area contributed by atoms with Crippen molar-refractivity contribution in [3.8, 4) is 0 Å². The normalized spacial score (nSPS) is 25.6. The van der Waals surface area contributed by atoms with Gasteiger partial charge in [0.25, 0.3) is 0 Å². The van der Waals surface area contributed by atoms with Gasteiger partial charge in [-0.05, 0) is 56.8 Å². The van der Waals surface area contributed by atoms with Gasteiger partial charge in [0.05, 0.1) is 12.7 Å². The summed E-state index contributed by atoms with van der Waals surface area (Å²) in [6, 6.07) is 0. The molecule has 1 unspecified atom stereocenters. The van der Waals surface area contributed by atoms with E-state index in [1.54, 1.807) is 6.08 Å². The third-order valence-corrected chi connectivity index (χ3v) is 9.62. The quantitative estimate of drug-likeness (QED) is 0.317. The smallest absolute Gasteiger partial charge is 0.330 e. The maximum atomic E-state index is 11.8. The van der Waals surface area contributed by atoms with Gasteiger partial charge >= 0.3 is 5.97 Å². The number of methoxy groups -OCH3 is 1. The molecule has 0 saturated heterocycles. The second-order valence-electron chi connectivity index (χ2n) is 8.05. The Balaban J connectivity index is 3.20. The standard InChI is InChI=1S/C18H32O3Si/c1-14-10-9-11-18(5,15(12-14)13-16(19)20-6)21-22(7,8)17(2,3)4/h10,13H,9,11-12H2,1-8H3/b15-13-. The van der Waals surface area contributed by atoms with Crippen molar-refractivity contribution in [2.75, 3.05) is 7.11 Å². The molecular formula is C18H32O3Si. The average Bonchev–Trinajstić information content (AvgIpc) is 2.47. The molecule has 0 heterocycles. The molecule has 0 aromatic rings. The largest absolute Gasteiger partial charge is 0.466 e. The summed E-state index contributed by atoms with van der Waals surface area (Å²) < 4.78 is 11.6. The predicted molar refractivity (Wildman–Crippen MR) is 94.4 cm³/mol. The lowest BCUT2D eigenvalue weighted by Crippen LogP contribution is -2.49. The molecule has 126 valence electrons. The highest BCUT2D eigenvalue weighted by atomic mass is 28.4. The lowest BCUT2D eigenvalue weighted by atomic mass is 9.89. The van der Waals surface area contributed by atoms with Crippen LogP contribution in [-0.2, 0) is 14.0 Å². The van der Waals surface area contributed by atoms with E-state index in [9.17, 15) is 4.79 Å². The minimum Gasteiger partial charge on any atom is -0.466 e. The number of rotatable bonds is 3. The molecule has 0 N–H and O–H groups in total. The molecule has 0 amide bonds. The zero-order valence-electron chi connectivity index (χ0n) is 15.5. The van der Waals surface area contributed by atoms with Crippen molar-refractivity contribution in [3.63, 3.8) is 0 Å². The van der Waals surface area contributed by atoms with Gasteiger partial charge in [-0.25, -0.2) is 4.79 Å². The van der Waals surface area contributed by atoms with Crippen molar-refractivity contribution >= 4 is 14.3 Å². The Hall–Kier alpha value is -0.873. The zero-order valence-corrected chi connectivity index (χ0v) is 16.5. The average molecular weight is 325 g/mol. The van der Waals surface area contributed by atoms with Crippen LogP contribution in [0.15, 0.2) is 23.3 Å². The van der Waals surface area contributed by atoms with Gasteiger partial charge < -0.3 is 9.16 Å². The second-order valence-corrected chi connectivity index (χ2v) is 12.8. The fraction of sp³-hybridized carbons (Fsp3) is 0.722. The van der Waals surface area contributed by atoms with E-state index in [4.69, 9.17) is 9.16 Å². The third-order valence-electron chi connectivity index (χ3n) is 5.04. The van der Waals surface area contributed by atoms with Crippen LogP contribution >= 0.6 is 0 Å². The molecule has 0 bridgehead atoms. The number of allylic oxidation sites excluding steroid dienone is 2. The van der Waals surface area contributed by atoms with E-state index in [0.717, 1.165) is 24.8 Å². The van der Waals surface area contributed by atoms with Gasteiger partial charge in [0.1, 0.15) is 0 Å². The van der Waals surface area contributed by atoms with E-state index >= 15 is 0 Å². The number of carbonyl (C=O) groups excluding carboxylic acids is 1. The Morgan fingerprint density at radius 2 is 1.95 bits per heavy atom. The predicted octanol–water partition coefficient (Wildman–Crippen LogP) is 5.00. The van der Waals surface area contributed by atoms with E-state index in [-0.39, 0.29) is 11.0 Å². The molecule has 1 atom stereocenters. The van der Waals surface area contributed by atoms with E-state index in [1.807, 2.05) is 0 Å². The van der Waals surface area contributed by atoms with Crippen molar-refractivity contribution in [1.29, 1.82) is 0 Å². The Labute approximate surface area is 136 Å². The van der Waals surface area contributed by atoms with E-state index < -0.39 is 13.9 Å². The third kappa shape index (κ3) is 4.56. The van der Waals surface area contributed by atoms with E-state index in [0.29, 0.717) is 0 Å². The van der Waals surface area contributed by atoms with E-state index in [1.165, 1.54) is 12.7 Å². The van der Waals surface area contributed by atoms with Gasteiger partial charge in [0, 0.05) is 6.08 Å². The molecule has 0 aliphatic heterocycles. The van der Waals surface area contributed by atoms with Crippen molar-refractivity contribution < 1.29 is 14.0 Å². The first-order valence-corrected chi connectivity index (χ1v) is 11.0. The lowest BCUT2D eigenvalue weighted by molar-refractivity contribution is -0.135. The first kappa shape index (κ1) is 19.2. The highest BCUT2D eigenvalue weighted by Gasteiger charge is 2.44. The lowest BCUT2D eigenvalue weighted by Gasteiger charge is -2.45. The van der Waals surface area contributed by atoms with Crippen LogP contribution in [0.2, 0.25) is 18.1 Å². The summed E-state index contributed by atoms with van der Waals surface area (Å²) in [7, 11) is -0.507. The molecule has 0 saturated carbocycles. The Bertz CT molecular complexity index is 483. The Morgan fingerprint density at radius 3 is 2.45 bits per heavy atom. The van der Waals surface area contributed by atoms with Crippen LogP contribution in [0.4, 0.5) is 0 Å². The molecular weight excluding hydrogens is 292 g/mol. The first-order valence-electron chi connectivity index (χ1n) is 8.06. The van der Waals surface area contributed by atoms with Gasteiger partial charge in [-0.1, -0.05) is 32.4 Å². The van der Waals surface area contributed by atoms with Crippen LogP contribution in [0.25, 0.3) is 0 Å². The van der Waals surface area contributed by atoms with Gasteiger partial charge in [-0.3, -0.25) is 0 Å². The monoisotopic (exact) mass is 324 g/mol. The summed E-state index contributed by atoms with van der Waals surface area (Å²) in [5, 5.41) is 0.140. The summed E-state index contributed by atoms with van der Waals surface area (Å²) in [5.74, 6) is -0.297. The Kier molecular flexibility index (Phi) is 5.85. The van der Waals surface area contributed by atoms with Crippen LogP contribution in [0.1, 0.15) is 53.9 Å². The van der Waals surface area contributed by atoms with Crippen LogP contribution in [0.3, 0.4) is 0 Å². The summed E-state index contributed by atoms with van der Waals surface area (Å²) in [6.45, 7) is 15.5. The molecule has 0 spiro atoms. The molecule has 3 nitrogen and oxygen atoms in total. The molecule has 0 aromatic heterocycles. The molecule has 22 heavy (non-hydrogen) atoms. The molecule has 1 aliphatic carbocycles. The second kappa shape index (κ2) is 6.71. The SMILES string of the molecule is COC(=O)/C=C1/CC(C)=CCCC1(C)O[Si](C)(C)C(C)(C)C. The fourth-order valence-electron chi connectivity index (χ4n) is 2.55. The number of carbonyl (C=O) groups is 1. The highest BCUT2D eigenvalue weighted by Crippen LogP contribution is 2.44. The number of ether oxygens (including phenoxy) is 1. The summed E-state index contributed by atoms with van der Waals surface area (Å²) in [5.41, 5.74) is 1.93. The molecule has 1 rings (SSSR count). The summed E-state index contributed by atoms with van der Waals surface area (Å²) in [6.07, 6.45) is 6.55. The zero-order chi connectivity index (χ0) is 17.2. The first-order chi connectivity index (χ1) is 9.91. The maximum absolute atomic E-state index is 11.8. The topological polar surface area (TPSA) is 35.5 Å². The number of esters is 1. The van der Waals surface area contributed by atoms with Gasteiger partial charge in [0.2, 0.25) is 0 Å². The Morgan fingerprint density at radius 1 is 1.36 bits per heavy atom. The van der Waals surface area contributed by atoms with Crippen molar-refractivity contribution in [2.24, 2.45) is 0 Å². The molecule has 0 aromatic carbocycles. The molecule has 0 radical (unpaired) electrons. The van der Waals surface area contributed by atoms with Crippen molar-refractivity contribution in [3.05, 3.63) is 23.3 Å². The summed E-state index contributed by atoms with van der Waals surface area (Å²) in [4.78, 5) is 11.8. The van der Waals surface area contributed by atoms with Crippen LogP contribution in [0.5, 0.6) is 0 Å². The molecule has 4 heteroatoms. The van der Waals surface area contributed by atoms with Crippen LogP contribution in [0, 0.1) is 0 Å². The van der Waals surface area contributed by atoms with Crippen molar-refractivity contribution in [1.82, 2.24) is 0 Å². The number of hydrogen-bond donors (Lipinski definition) is 0. The maximum Gasteiger partial charge on any atom is 0.330 e. The minimum absolute atomic E-state index is 0.140.